The Morgan fingerprint density at radius 1 is 1.48 bits per heavy atom. The zero-order chi connectivity index (χ0) is 14.8. The first kappa shape index (κ1) is 14.6. The average Bonchev–Trinajstić information content (AvgIpc) is 2.94. The Morgan fingerprint density at radius 3 is 3.14 bits per heavy atom. The summed E-state index contributed by atoms with van der Waals surface area (Å²) in [6.45, 7) is 3.97. The van der Waals surface area contributed by atoms with Crippen molar-refractivity contribution in [2.45, 2.75) is 25.9 Å². The zero-order valence-electron chi connectivity index (χ0n) is 12.1. The van der Waals surface area contributed by atoms with Gasteiger partial charge >= 0.3 is 0 Å². The van der Waals surface area contributed by atoms with Crippen LogP contribution in [0.2, 0.25) is 0 Å². The summed E-state index contributed by atoms with van der Waals surface area (Å²) in [6.07, 6.45) is 4.37. The second-order valence-electron chi connectivity index (χ2n) is 5.50. The maximum absolute atomic E-state index is 6.05. The maximum Gasteiger partial charge on any atom is 0.0954 e. The van der Waals surface area contributed by atoms with Gasteiger partial charge in [-0.25, -0.2) is 0 Å². The Hall–Kier alpha value is -1.33. The summed E-state index contributed by atoms with van der Waals surface area (Å²) in [5, 5.41) is 4.50. The fraction of sp³-hybridized carbons (Fsp3) is 0.438. The van der Waals surface area contributed by atoms with E-state index in [1.54, 1.807) is 6.20 Å². The van der Waals surface area contributed by atoms with Gasteiger partial charge in [0.05, 0.1) is 17.3 Å². The molecule has 21 heavy (non-hydrogen) atoms. The molecule has 1 aliphatic rings. The van der Waals surface area contributed by atoms with E-state index in [1.165, 1.54) is 0 Å². The highest BCUT2D eigenvalue weighted by molar-refractivity contribution is 9.10. The predicted molar refractivity (Wildman–Crippen MR) is 90.5 cm³/mol. The van der Waals surface area contributed by atoms with Crippen molar-refractivity contribution in [3.63, 3.8) is 0 Å². The average molecular weight is 350 g/mol. The van der Waals surface area contributed by atoms with E-state index in [0.717, 1.165) is 52.7 Å². The van der Waals surface area contributed by atoms with Gasteiger partial charge in [0.1, 0.15) is 0 Å². The molecule has 0 amide bonds. The van der Waals surface area contributed by atoms with Gasteiger partial charge in [0.15, 0.2) is 0 Å². The first-order valence-corrected chi connectivity index (χ1v) is 8.17. The number of fused-ring (bicyclic) bond motifs is 1. The molecule has 0 saturated carbocycles. The van der Waals surface area contributed by atoms with Gasteiger partial charge < -0.3 is 15.8 Å². The van der Waals surface area contributed by atoms with E-state index >= 15 is 0 Å². The van der Waals surface area contributed by atoms with E-state index in [-0.39, 0.29) is 0 Å². The smallest absolute Gasteiger partial charge is 0.0954 e. The van der Waals surface area contributed by atoms with E-state index in [2.05, 4.69) is 33.2 Å². The molecular weight excluding hydrogens is 330 g/mol. The van der Waals surface area contributed by atoms with Crippen molar-refractivity contribution in [3.8, 4) is 0 Å². The number of nitrogens with two attached hydrogens (primary N) is 1. The van der Waals surface area contributed by atoms with Gasteiger partial charge in [0.25, 0.3) is 0 Å². The number of benzene rings is 1. The Bertz CT molecular complexity index is 647. The van der Waals surface area contributed by atoms with Crippen LogP contribution in [0.15, 0.2) is 28.9 Å². The van der Waals surface area contributed by atoms with Crippen LogP contribution in [0, 0.1) is 5.92 Å². The van der Waals surface area contributed by atoms with Gasteiger partial charge in [-0.3, -0.25) is 4.98 Å². The SMILES string of the molecule is CCC1OCCC1CNc1ccc(N)c2cc(Br)cnc12. The number of hydrogen-bond donors (Lipinski definition) is 2. The van der Waals surface area contributed by atoms with E-state index in [9.17, 15) is 0 Å². The number of nitrogen functional groups attached to an aromatic ring is 1. The van der Waals surface area contributed by atoms with Crippen LogP contribution in [-0.2, 0) is 4.74 Å². The van der Waals surface area contributed by atoms with Crippen molar-refractivity contribution in [2.24, 2.45) is 5.92 Å². The first-order valence-electron chi connectivity index (χ1n) is 7.38. The van der Waals surface area contributed by atoms with Crippen LogP contribution >= 0.6 is 15.9 Å². The van der Waals surface area contributed by atoms with Gasteiger partial charge in [-0.1, -0.05) is 6.92 Å². The van der Waals surface area contributed by atoms with E-state index in [0.29, 0.717) is 12.0 Å². The predicted octanol–water partition coefficient (Wildman–Crippen LogP) is 3.81. The fourth-order valence-corrected chi connectivity index (χ4v) is 3.31. The number of nitrogens with one attached hydrogen (secondary N) is 1. The normalized spacial score (nSPS) is 21.8. The standard InChI is InChI=1S/C16H20BrN3O/c1-2-15-10(5-6-21-15)8-19-14-4-3-13(18)12-7-11(17)9-20-16(12)14/h3-4,7,9-10,15,19H,2,5-6,8,18H2,1H3. The lowest BCUT2D eigenvalue weighted by molar-refractivity contribution is 0.0900. The molecule has 5 heteroatoms. The molecule has 0 bridgehead atoms. The summed E-state index contributed by atoms with van der Waals surface area (Å²) in [7, 11) is 0. The summed E-state index contributed by atoms with van der Waals surface area (Å²) in [6, 6.07) is 5.95. The molecule has 1 fully saturated rings. The molecule has 4 nitrogen and oxygen atoms in total. The van der Waals surface area contributed by atoms with E-state index < -0.39 is 0 Å². The third-order valence-corrected chi connectivity index (χ3v) is 4.59. The van der Waals surface area contributed by atoms with Gasteiger partial charge in [-0.2, -0.15) is 0 Å². The van der Waals surface area contributed by atoms with Crippen molar-refractivity contribution >= 4 is 38.2 Å². The highest BCUT2D eigenvalue weighted by Gasteiger charge is 2.26. The Labute approximate surface area is 133 Å². The number of halogens is 1. The molecular formula is C16H20BrN3O. The molecule has 2 atom stereocenters. The van der Waals surface area contributed by atoms with Crippen LogP contribution in [-0.4, -0.2) is 24.2 Å². The highest BCUT2D eigenvalue weighted by Crippen LogP contribution is 2.30. The molecule has 2 aromatic rings. The summed E-state index contributed by atoms with van der Waals surface area (Å²) < 4.78 is 6.68. The van der Waals surface area contributed by atoms with Crippen LogP contribution in [0.3, 0.4) is 0 Å². The van der Waals surface area contributed by atoms with Gasteiger partial charge in [0.2, 0.25) is 0 Å². The molecule has 0 radical (unpaired) electrons. The summed E-state index contributed by atoms with van der Waals surface area (Å²) >= 11 is 3.45. The Balaban J connectivity index is 1.83. The van der Waals surface area contributed by atoms with Crippen molar-refractivity contribution in [3.05, 3.63) is 28.9 Å². The highest BCUT2D eigenvalue weighted by atomic mass is 79.9. The van der Waals surface area contributed by atoms with E-state index in [1.807, 2.05) is 18.2 Å². The number of anilines is 2. The third kappa shape index (κ3) is 2.99. The van der Waals surface area contributed by atoms with Gasteiger partial charge in [-0.05, 0) is 47.0 Å². The lowest BCUT2D eigenvalue weighted by Gasteiger charge is -2.18. The molecule has 2 heterocycles. The molecule has 1 aromatic heterocycles. The van der Waals surface area contributed by atoms with Crippen LogP contribution in [0.25, 0.3) is 10.9 Å². The molecule has 0 aliphatic carbocycles. The Morgan fingerprint density at radius 2 is 2.33 bits per heavy atom. The number of nitrogens with zero attached hydrogens (tertiary/aromatic N) is 1. The largest absolute Gasteiger partial charge is 0.398 e. The number of pyridine rings is 1. The summed E-state index contributed by atoms with van der Waals surface area (Å²) in [5.74, 6) is 0.568. The van der Waals surface area contributed by atoms with Gasteiger partial charge in [-0.15, -0.1) is 0 Å². The van der Waals surface area contributed by atoms with Crippen molar-refractivity contribution in [1.29, 1.82) is 0 Å². The molecule has 1 saturated heterocycles. The van der Waals surface area contributed by atoms with Gasteiger partial charge in [0, 0.05) is 40.8 Å². The molecule has 2 unspecified atom stereocenters. The summed E-state index contributed by atoms with van der Waals surface area (Å²) in [4.78, 5) is 4.51. The molecule has 3 N–H and O–H groups in total. The number of hydrogen-bond acceptors (Lipinski definition) is 4. The third-order valence-electron chi connectivity index (χ3n) is 4.15. The molecule has 0 spiro atoms. The van der Waals surface area contributed by atoms with Crippen molar-refractivity contribution in [2.75, 3.05) is 24.2 Å². The topological polar surface area (TPSA) is 60.2 Å². The lowest BCUT2D eigenvalue weighted by Crippen LogP contribution is -2.22. The minimum absolute atomic E-state index is 0.375. The minimum Gasteiger partial charge on any atom is -0.398 e. The quantitative estimate of drug-likeness (QED) is 0.824. The van der Waals surface area contributed by atoms with Crippen LogP contribution in [0.1, 0.15) is 19.8 Å². The van der Waals surface area contributed by atoms with Crippen molar-refractivity contribution < 1.29 is 4.74 Å². The monoisotopic (exact) mass is 349 g/mol. The Kier molecular flexibility index (Phi) is 4.31. The fourth-order valence-electron chi connectivity index (χ4n) is 2.98. The van der Waals surface area contributed by atoms with Crippen LogP contribution in [0.4, 0.5) is 11.4 Å². The molecule has 112 valence electrons. The molecule has 3 rings (SSSR count). The molecule has 1 aromatic carbocycles. The van der Waals surface area contributed by atoms with Crippen LogP contribution < -0.4 is 11.1 Å². The number of ether oxygens (including phenoxy) is 1. The molecule has 1 aliphatic heterocycles. The van der Waals surface area contributed by atoms with E-state index in [4.69, 9.17) is 10.5 Å². The maximum atomic E-state index is 6.05. The summed E-state index contributed by atoms with van der Waals surface area (Å²) in [5.41, 5.74) is 8.75. The van der Waals surface area contributed by atoms with Crippen LogP contribution in [0.5, 0.6) is 0 Å². The number of aromatic nitrogens is 1. The van der Waals surface area contributed by atoms with Crippen molar-refractivity contribution in [1.82, 2.24) is 4.98 Å². The second kappa shape index (κ2) is 6.20. The second-order valence-corrected chi connectivity index (χ2v) is 6.41. The first-order chi connectivity index (χ1) is 10.2. The number of rotatable bonds is 4. The minimum atomic E-state index is 0.375. The lowest BCUT2D eigenvalue weighted by atomic mass is 9.99. The zero-order valence-corrected chi connectivity index (χ0v) is 13.7.